The van der Waals surface area contributed by atoms with Crippen molar-refractivity contribution in [1.29, 1.82) is 0 Å². The van der Waals surface area contributed by atoms with Crippen LogP contribution in [-0.4, -0.2) is 25.3 Å². The highest BCUT2D eigenvalue weighted by Gasteiger charge is 2.16. The Morgan fingerprint density at radius 2 is 1.95 bits per heavy atom. The summed E-state index contributed by atoms with van der Waals surface area (Å²) < 4.78 is 25.3. The predicted molar refractivity (Wildman–Crippen MR) is 75.6 cm³/mol. The van der Waals surface area contributed by atoms with Gasteiger partial charge in [0, 0.05) is 22.1 Å². The lowest BCUT2D eigenvalue weighted by Crippen LogP contribution is -1.97. The number of carboxylic acid groups (broad SMARTS) is 1. The molecule has 2 rings (SSSR count). The Kier molecular flexibility index (Phi) is 4.44. The van der Waals surface area contributed by atoms with E-state index in [0.29, 0.717) is 16.4 Å². The highest BCUT2D eigenvalue weighted by molar-refractivity contribution is 7.19. The fraction of sp³-hybridized carbons (Fsp3) is 0.357. The van der Waals surface area contributed by atoms with Gasteiger partial charge in [-0.3, -0.25) is 4.79 Å². The molecule has 1 aromatic heterocycles. The number of alkyl halides is 1. The van der Waals surface area contributed by atoms with Crippen molar-refractivity contribution in [2.75, 3.05) is 14.2 Å². The van der Waals surface area contributed by atoms with Gasteiger partial charge in [0.05, 0.1) is 14.2 Å². The summed E-state index contributed by atoms with van der Waals surface area (Å²) in [7, 11) is 3.09. The van der Waals surface area contributed by atoms with Crippen molar-refractivity contribution in [2.24, 2.45) is 0 Å². The molecule has 108 valence electrons. The molecule has 0 aliphatic rings. The zero-order valence-electron chi connectivity index (χ0n) is 11.2. The molecular weight excluding hydrogens is 283 g/mol. The first-order chi connectivity index (χ1) is 9.55. The quantitative estimate of drug-likeness (QED) is 0.881. The van der Waals surface area contributed by atoms with Crippen molar-refractivity contribution in [3.63, 3.8) is 0 Å². The molecule has 1 atom stereocenters. The van der Waals surface area contributed by atoms with E-state index in [2.05, 4.69) is 0 Å². The van der Waals surface area contributed by atoms with Crippen molar-refractivity contribution in [3.05, 3.63) is 23.1 Å². The molecule has 20 heavy (non-hydrogen) atoms. The Morgan fingerprint density at radius 3 is 2.55 bits per heavy atom. The number of aliphatic carboxylic acids is 1. The second-order valence-corrected chi connectivity index (χ2v) is 5.41. The summed E-state index contributed by atoms with van der Waals surface area (Å²) in [5.74, 6) is 0.191. The summed E-state index contributed by atoms with van der Waals surface area (Å²) >= 11 is 1.30. The Morgan fingerprint density at radius 1 is 1.30 bits per heavy atom. The third kappa shape index (κ3) is 3.01. The van der Waals surface area contributed by atoms with Gasteiger partial charge in [0.1, 0.15) is 6.17 Å². The van der Waals surface area contributed by atoms with Crippen LogP contribution in [0.4, 0.5) is 4.39 Å². The Hall–Kier alpha value is -1.82. The topological polar surface area (TPSA) is 55.8 Å². The molecule has 0 spiro atoms. The first-order valence-electron chi connectivity index (χ1n) is 6.06. The van der Waals surface area contributed by atoms with E-state index in [0.717, 1.165) is 10.1 Å². The third-order valence-electron chi connectivity index (χ3n) is 2.96. The first-order valence-corrected chi connectivity index (χ1v) is 6.88. The number of halogens is 1. The minimum Gasteiger partial charge on any atom is -0.493 e. The van der Waals surface area contributed by atoms with Crippen molar-refractivity contribution in [3.8, 4) is 11.5 Å². The summed E-state index contributed by atoms with van der Waals surface area (Å²) in [6, 6.07) is 5.32. The standard InChI is InChI=1S/C14H15FO4S/c1-18-10-5-8-6-13(9(15)3-4-14(16)17)20-12(8)7-11(10)19-2/h5-7,9H,3-4H2,1-2H3,(H,16,17). The van der Waals surface area contributed by atoms with Gasteiger partial charge in [-0.2, -0.15) is 0 Å². The van der Waals surface area contributed by atoms with E-state index >= 15 is 0 Å². The summed E-state index contributed by atoms with van der Waals surface area (Å²) in [6.45, 7) is 0. The van der Waals surface area contributed by atoms with E-state index < -0.39 is 12.1 Å². The average molecular weight is 298 g/mol. The first kappa shape index (κ1) is 14.6. The molecule has 0 fully saturated rings. The number of methoxy groups -OCH3 is 2. The number of hydrogen-bond donors (Lipinski definition) is 1. The van der Waals surface area contributed by atoms with Crippen LogP contribution in [0.15, 0.2) is 18.2 Å². The Labute approximate surface area is 119 Å². The summed E-state index contributed by atoms with van der Waals surface area (Å²) in [6.07, 6.45) is -1.46. The van der Waals surface area contributed by atoms with Crippen molar-refractivity contribution in [1.82, 2.24) is 0 Å². The second kappa shape index (κ2) is 6.09. The van der Waals surface area contributed by atoms with Crippen LogP contribution in [0.1, 0.15) is 23.9 Å². The van der Waals surface area contributed by atoms with Crippen LogP contribution < -0.4 is 9.47 Å². The number of rotatable bonds is 6. The summed E-state index contributed by atoms with van der Waals surface area (Å²) in [5.41, 5.74) is 0. The number of fused-ring (bicyclic) bond motifs is 1. The van der Waals surface area contributed by atoms with E-state index in [1.807, 2.05) is 0 Å². The van der Waals surface area contributed by atoms with Crippen LogP contribution in [0.5, 0.6) is 11.5 Å². The fourth-order valence-corrected chi connectivity index (χ4v) is 3.02. The summed E-state index contributed by atoms with van der Waals surface area (Å²) in [4.78, 5) is 11.0. The van der Waals surface area contributed by atoms with Crippen LogP contribution >= 0.6 is 11.3 Å². The van der Waals surface area contributed by atoms with Crippen LogP contribution in [0.2, 0.25) is 0 Å². The Bertz CT molecular complexity index is 582. The molecule has 1 unspecified atom stereocenters. The van der Waals surface area contributed by atoms with E-state index in [-0.39, 0.29) is 12.8 Å². The molecule has 1 N–H and O–H groups in total. The maximum absolute atomic E-state index is 14.0. The molecule has 0 aliphatic heterocycles. The Balaban J connectivity index is 2.30. The monoisotopic (exact) mass is 298 g/mol. The minimum absolute atomic E-state index is 0.0174. The van der Waals surface area contributed by atoms with Gasteiger partial charge in [0.25, 0.3) is 0 Å². The molecule has 2 aromatic rings. The lowest BCUT2D eigenvalue weighted by molar-refractivity contribution is -0.137. The molecule has 6 heteroatoms. The number of ether oxygens (including phenoxy) is 2. The maximum Gasteiger partial charge on any atom is 0.303 e. The lowest BCUT2D eigenvalue weighted by Gasteiger charge is -2.06. The largest absolute Gasteiger partial charge is 0.493 e. The van der Waals surface area contributed by atoms with Gasteiger partial charge in [0.15, 0.2) is 11.5 Å². The number of carboxylic acids is 1. The molecule has 0 bridgehead atoms. The number of benzene rings is 1. The summed E-state index contributed by atoms with van der Waals surface area (Å²) in [5, 5.41) is 9.45. The lowest BCUT2D eigenvalue weighted by atomic mass is 10.1. The van der Waals surface area contributed by atoms with Crippen molar-refractivity contribution < 1.29 is 23.8 Å². The van der Waals surface area contributed by atoms with Crippen LogP contribution in [0.25, 0.3) is 10.1 Å². The van der Waals surface area contributed by atoms with E-state index in [9.17, 15) is 9.18 Å². The van der Waals surface area contributed by atoms with Gasteiger partial charge < -0.3 is 14.6 Å². The van der Waals surface area contributed by atoms with Crippen molar-refractivity contribution in [2.45, 2.75) is 19.0 Å². The zero-order valence-corrected chi connectivity index (χ0v) is 12.0. The van der Waals surface area contributed by atoms with Gasteiger partial charge in [-0.1, -0.05) is 0 Å². The smallest absolute Gasteiger partial charge is 0.303 e. The van der Waals surface area contributed by atoms with E-state index in [1.165, 1.54) is 11.3 Å². The molecule has 0 amide bonds. The molecule has 4 nitrogen and oxygen atoms in total. The van der Waals surface area contributed by atoms with Crippen LogP contribution in [0.3, 0.4) is 0 Å². The van der Waals surface area contributed by atoms with Gasteiger partial charge in [-0.15, -0.1) is 11.3 Å². The van der Waals surface area contributed by atoms with Gasteiger partial charge >= 0.3 is 5.97 Å². The minimum atomic E-state index is -1.26. The number of thiophene rings is 1. The normalized spacial score (nSPS) is 12.3. The highest BCUT2D eigenvalue weighted by atomic mass is 32.1. The third-order valence-corrected chi connectivity index (χ3v) is 4.14. The molecule has 1 heterocycles. The molecule has 0 radical (unpaired) electrons. The SMILES string of the molecule is COc1cc2cc(C(F)CCC(=O)O)sc2cc1OC. The second-order valence-electron chi connectivity index (χ2n) is 4.29. The number of carbonyl (C=O) groups is 1. The average Bonchev–Trinajstić information content (AvgIpc) is 2.85. The zero-order chi connectivity index (χ0) is 14.7. The molecule has 0 aliphatic carbocycles. The van der Waals surface area contributed by atoms with Crippen LogP contribution in [0, 0.1) is 0 Å². The maximum atomic E-state index is 14.0. The predicted octanol–water partition coefficient (Wildman–Crippen LogP) is 3.79. The molecular formula is C14H15FO4S. The van der Waals surface area contributed by atoms with Crippen molar-refractivity contribution >= 4 is 27.4 Å². The van der Waals surface area contributed by atoms with Gasteiger partial charge in [-0.05, 0) is 23.9 Å². The molecule has 0 saturated heterocycles. The number of hydrogen-bond acceptors (Lipinski definition) is 4. The van der Waals surface area contributed by atoms with Gasteiger partial charge in [-0.25, -0.2) is 4.39 Å². The van der Waals surface area contributed by atoms with Crippen LogP contribution in [-0.2, 0) is 4.79 Å². The molecule has 0 saturated carbocycles. The van der Waals surface area contributed by atoms with E-state index in [1.54, 1.807) is 32.4 Å². The highest BCUT2D eigenvalue weighted by Crippen LogP contribution is 2.39. The van der Waals surface area contributed by atoms with Gasteiger partial charge in [0.2, 0.25) is 0 Å². The molecule has 1 aromatic carbocycles. The van der Waals surface area contributed by atoms with E-state index in [4.69, 9.17) is 14.6 Å². The fourth-order valence-electron chi connectivity index (χ4n) is 1.93.